The Labute approximate surface area is 120 Å². The second-order valence-electron chi connectivity index (χ2n) is 5.52. The van der Waals surface area contributed by atoms with Crippen LogP contribution in [0.15, 0.2) is 18.2 Å². The summed E-state index contributed by atoms with van der Waals surface area (Å²) in [6, 6.07) is 5.94. The monoisotopic (exact) mass is 274 g/mol. The van der Waals surface area contributed by atoms with E-state index in [4.69, 9.17) is 0 Å². The summed E-state index contributed by atoms with van der Waals surface area (Å²) < 4.78 is 0. The molecule has 0 bridgehead atoms. The number of ketones is 1. The van der Waals surface area contributed by atoms with Crippen LogP contribution >= 0.6 is 0 Å². The molecule has 1 saturated heterocycles. The fourth-order valence-electron chi connectivity index (χ4n) is 2.64. The van der Waals surface area contributed by atoms with Crippen molar-refractivity contribution in [1.82, 2.24) is 9.80 Å². The SMILES string of the molecule is CC(=O)N1CCN(CC(=O)c2ccc(C)cc2C)CC1. The topological polar surface area (TPSA) is 40.6 Å². The highest BCUT2D eigenvalue weighted by Gasteiger charge is 2.21. The summed E-state index contributed by atoms with van der Waals surface area (Å²) in [4.78, 5) is 27.6. The highest BCUT2D eigenvalue weighted by Crippen LogP contribution is 2.12. The molecule has 0 aromatic heterocycles. The molecule has 1 fully saturated rings. The van der Waals surface area contributed by atoms with Gasteiger partial charge in [-0.05, 0) is 19.4 Å². The number of amides is 1. The molecule has 0 unspecified atom stereocenters. The molecule has 1 aliphatic heterocycles. The van der Waals surface area contributed by atoms with Gasteiger partial charge in [-0.25, -0.2) is 0 Å². The Hall–Kier alpha value is -1.68. The van der Waals surface area contributed by atoms with E-state index in [1.165, 1.54) is 5.56 Å². The Morgan fingerprint density at radius 1 is 1.10 bits per heavy atom. The van der Waals surface area contributed by atoms with Gasteiger partial charge in [0.15, 0.2) is 5.78 Å². The minimum atomic E-state index is 0.116. The minimum Gasteiger partial charge on any atom is -0.340 e. The summed E-state index contributed by atoms with van der Waals surface area (Å²) in [7, 11) is 0. The zero-order valence-corrected chi connectivity index (χ0v) is 12.5. The number of rotatable bonds is 3. The fourth-order valence-corrected chi connectivity index (χ4v) is 2.64. The molecule has 4 heteroatoms. The third-order valence-corrected chi connectivity index (χ3v) is 3.87. The van der Waals surface area contributed by atoms with Gasteiger partial charge >= 0.3 is 0 Å². The molecule has 1 aromatic rings. The second-order valence-corrected chi connectivity index (χ2v) is 5.52. The van der Waals surface area contributed by atoms with Gasteiger partial charge < -0.3 is 4.90 Å². The van der Waals surface area contributed by atoms with Crippen molar-refractivity contribution in [3.05, 3.63) is 34.9 Å². The van der Waals surface area contributed by atoms with E-state index in [0.717, 1.165) is 37.3 Å². The molecule has 108 valence electrons. The van der Waals surface area contributed by atoms with Crippen LogP contribution in [0.3, 0.4) is 0 Å². The number of hydrogen-bond acceptors (Lipinski definition) is 3. The van der Waals surface area contributed by atoms with Crippen molar-refractivity contribution < 1.29 is 9.59 Å². The summed E-state index contributed by atoms with van der Waals surface area (Å²) >= 11 is 0. The van der Waals surface area contributed by atoms with Crippen LogP contribution in [0.1, 0.15) is 28.4 Å². The number of carbonyl (C=O) groups is 2. The van der Waals surface area contributed by atoms with Crippen LogP contribution in [0.4, 0.5) is 0 Å². The summed E-state index contributed by atoms with van der Waals surface area (Å²) in [6.07, 6.45) is 0. The molecule has 0 atom stereocenters. The van der Waals surface area contributed by atoms with Gasteiger partial charge in [0, 0.05) is 38.7 Å². The first-order chi connectivity index (χ1) is 9.47. The van der Waals surface area contributed by atoms with Gasteiger partial charge in [-0.1, -0.05) is 23.8 Å². The zero-order chi connectivity index (χ0) is 14.7. The van der Waals surface area contributed by atoms with E-state index < -0.39 is 0 Å². The predicted molar refractivity (Wildman–Crippen MR) is 78.9 cm³/mol. The van der Waals surface area contributed by atoms with E-state index in [-0.39, 0.29) is 11.7 Å². The van der Waals surface area contributed by atoms with Crippen molar-refractivity contribution >= 4 is 11.7 Å². The van der Waals surface area contributed by atoms with Gasteiger partial charge in [0.05, 0.1) is 6.54 Å². The van der Waals surface area contributed by atoms with Gasteiger partial charge in [0.25, 0.3) is 0 Å². The van der Waals surface area contributed by atoms with E-state index in [0.29, 0.717) is 6.54 Å². The number of aryl methyl sites for hydroxylation is 2. The van der Waals surface area contributed by atoms with E-state index in [2.05, 4.69) is 4.90 Å². The van der Waals surface area contributed by atoms with Gasteiger partial charge in [0.1, 0.15) is 0 Å². The average Bonchev–Trinajstić information content (AvgIpc) is 2.39. The lowest BCUT2D eigenvalue weighted by molar-refractivity contribution is -0.130. The maximum absolute atomic E-state index is 12.3. The van der Waals surface area contributed by atoms with Crippen LogP contribution in [0.25, 0.3) is 0 Å². The predicted octanol–water partition coefficient (Wildman–Crippen LogP) is 1.65. The summed E-state index contributed by atoms with van der Waals surface area (Å²) in [5, 5.41) is 0. The Balaban J connectivity index is 1.94. The third-order valence-electron chi connectivity index (χ3n) is 3.87. The molecule has 20 heavy (non-hydrogen) atoms. The highest BCUT2D eigenvalue weighted by molar-refractivity contribution is 5.99. The first-order valence-corrected chi connectivity index (χ1v) is 7.05. The lowest BCUT2D eigenvalue weighted by Crippen LogP contribution is -2.49. The largest absolute Gasteiger partial charge is 0.340 e. The van der Waals surface area contributed by atoms with Crippen LogP contribution in [-0.2, 0) is 4.79 Å². The second kappa shape index (κ2) is 6.18. The zero-order valence-electron chi connectivity index (χ0n) is 12.5. The number of hydrogen-bond donors (Lipinski definition) is 0. The van der Waals surface area contributed by atoms with Crippen molar-refractivity contribution in [3.63, 3.8) is 0 Å². The third kappa shape index (κ3) is 3.45. The standard InChI is InChI=1S/C16H22N2O2/c1-12-4-5-15(13(2)10-12)16(20)11-17-6-8-18(9-7-17)14(3)19/h4-5,10H,6-9,11H2,1-3H3. The molecular formula is C16H22N2O2. The van der Waals surface area contributed by atoms with E-state index >= 15 is 0 Å². The molecule has 0 spiro atoms. The maximum Gasteiger partial charge on any atom is 0.219 e. The molecule has 1 heterocycles. The normalized spacial score (nSPS) is 16.2. The lowest BCUT2D eigenvalue weighted by atomic mass is 10.0. The van der Waals surface area contributed by atoms with Crippen LogP contribution in [0, 0.1) is 13.8 Å². The Morgan fingerprint density at radius 3 is 2.30 bits per heavy atom. The van der Waals surface area contributed by atoms with Crippen molar-refractivity contribution in [3.8, 4) is 0 Å². The Kier molecular flexibility index (Phi) is 4.55. The summed E-state index contributed by atoms with van der Waals surface area (Å²) in [5.74, 6) is 0.282. The van der Waals surface area contributed by atoms with Gasteiger partial charge in [-0.2, -0.15) is 0 Å². The van der Waals surface area contributed by atoms with Crippen LogP contribution in [0.5, 0.6) is 0 Å². The van der Waals surface area contributed by atoms with Crippen molar-refractivity contribution in [2.45, 2.75) is 20.8 Å². The van der Waals surface area contributed by atoms with Gasteiger partial charge in [-0.15, -0.1) is 0 Å². The summed E-state index contributed by atoms with van der Waals surface area (Å²) in [5.41, 5.74) is 3.02. The molecule has 4 nitrogen and oxygen atoms in total. The number of piperazine rings is 1. The van der Waals surface area contributed by atoms with E-state index in [9.17, 15) is 9.59 Å². The fraction of sp³-hybridized carbons (Fsp3) is 0.500. The van der Waals surface area contributed by atoms with Crippen molar-refractivity contribution in [2.75, 3.05) is 32.7 Å². The van der Waals surface area contributed by atoms with Crippen LogP contribution in [-0.4, -0.2) is 54.2 Å². The quantitative estimate of drug-likeness (QED) is 0.787. The number of nitrogens with zero attached hydrogens (tertiary/aromatic N) is 2. The molecule has 0 saturated carbocycles. The number of carbonyl (C=O) groups excluding carboxylic acids is 2. The molecule has 1 aliphatic rings. The van der Waals surface area contributed by atoms with Crippen molar-refractivity contribution in [2.24, 2.45) is 0 Å². The van der Waals surface area contributed by atoms with Gasteiger partial charge in [0.2, 0.25) is 5.91 Å². The molecule has 1 aromatic carbocycles. The molecule has 0 N–H and O–H groups in total. The number of benzene rings is 1. The van der Waals surface area contributed by atoms with Crippen LogP contribution in [0.2, 0.25) is 0 Å². The molecule has 0 radical (unpaired) electrons. The van der Waals surface area contributed by atoms with Crippen LogP contribution < -0.4 is 0 Å². The maximum atomic E-state index is 12.3. The Morgan fingerprint density at radius 2 is 1.75 bits per heavy atom. The minimum absolute atomic E-state index is 0.116. The van der Waals surface area contributed by atoms with Crippen molar-refractivity contribution in [1.29, 1.82) is 0 Å². The van der Waals surface area contributed by atoms with Gasteiger partial charge in [-0.3, -0.25) is 14.5 Å². The molecule has 1 amide bonds. The first-order valence-electron chi connectivity index (χ1n) is 7.05. The molecule has 2 rings (SSSR count). The molecular weight excluding hydrogens is 252 g/mol. The van der Waals surface area contributed by atoms with E-state index in [1.807, 2.05) is 36.9 Å². The molecule has 0 aliphatic carbocycles. The highest BCUT2D eigenvalue weighted by atomic mass is 16.2. The lowest BCUT2D eigenvalue weighted by Gasteiger charge is -2.33. The Bertz CT molecular complexity index is 517. The average molecular weight is 274 g/mol. The number of Topliss-reactive ketones (excluding diaryl/α,β-unsaturated/α-hetero) is 1. The first kappa shape index (κ1) is 14.7. The van der Waals surface area contributed by atoms with E-state index in [1.54, 1.807) is 6.92 Å². The summed E-state index contributed by atoms with van der Waals surface area (Å²) in [6.45, 7) is 9.03. The smallest absolute Gasteiger partial charge is 0.219 e.